The van der Waals surface area contributed by atoms with Crippen molar-refractivity contribution in [2.45, 2.75) is 70.4 Å². The average Bonchev–Trinajstić information content (AvgIpc) is 3.09. The molecule has 4 atom stereocenters. The van der Waals surface area contributed by atoms with Gasteiger partial charge in [-0.1, -0.05) is 42.5 Å². The Balaban J connectivity index is 1.61. The van der Waals surface area contributed by atoms with Crippen molar-refractivity contribution in [3.05, 3.63) is 48.0 Å². The number of carboxylic acid groups (broad SMARTS) is 1. The first-order valence-corrected chi connectivity index (χ1v) is 12.2. The molecule has 2 unspecified atom stereocenters. The number of aliphatic carboxylic acids is 1. The summed E-state index contributed by atoms with van der Waals surface area (Å²) in [5, 5.41) is 10.5. The molecule has 1 aromatic carbocycles. The van der Waals surface area contributed by atoms with Crippen molar-refractivity contribution in [1.82, 2.24) is 15.3 Å². The maximum absolute atomic E-state index is 13.4. The third kappa shape index (κ3) is 4.87. The molecule has 4 rings (SSSR count). The number of carbonyl (C=O) groups excluding carboxylic acids is 3. The predicted molar refractivity (Wildman–Crippen MR) is 128 cm³/mol. The highest BCUT2D eigenvalue weighted by Gasteiger charge is 2.64. The molecule has 2 saturated heterocycles. The summed E-state index contributed by atoms with van der Waals surface area (Å²) in [6.45, 7) is 5.15. The SMILES string of the molecule is CC(C)(C)OC(=O)N1C[C@H](NOCc2ccccc2)CC[C@]1(C(=O)O)N1C(=O)C2CC=CCC2C1=O. The van der Waals surface area contributed by atoms with Gasteiger partial charge in [0.05, 0.1) is 24.5 Å². The Kier molecular flexibility index (Phi) is 7.19. The average molecular weight is 500 g/mol. The van der Waals surface area contributed by atoms with E-state index in [0.717, 1.165) is 15.4 Å². The summed E-state index contributed by atoms with van der Waals surface area (Å²) in [5.74, 6) is -3.80. The van der Waals surface area contributed by atoms with Crippen LogP contribution in [0.5, 0.6) is 0 Å². The third-order valence-electron chi connectivity index (χ3n) is 6.86. The molecule has 10 nitrogen and oxygen atoms in total. The minimum Gasteiger partial charge on any atom is -0.478 e. The van der Waals surface area contributed by atoms with Gasteiger partial charge in [-0.3, -0.25) is 19.3 Å². The van der Waals surface area contributed by atoms with E-state index in [1.54, 1.807) is 20.8 Å². The molecule has 3 aliphatic rings. The van der Waals surface area contributed by atoms with Crippen LogP contribution in [0.15, 0.2) is 42.5 Å². The summed E-state index contributed by atoms with van der Waals surface area (Å²) in [4.78, 5) is 60.5. The van der Waals surface area contributed by atoms with Gasteiger partial charge in [-0.2, -0.15) is 5.48 Å². The Morgan fingerprint density at radius 2 is 1.69 bits per heavy atom. The summed E-state index contributed by atoms with van der Waals surface area (Å²) in [5.41, 5.74) is 0.766. The number of imide groups is 1. The van der Waals surface area contributed by atoms with Gasteiger partial charge in [0.15, 0.2) is 0 Å². The number of hydrogen-bond donors (Lipinski definition) is 2. The lowest BCUT2D eigenvalue weighted by Gasteiger charge is -2.49. The number of piperidine rings is 1. The number of fused-ring (bicyclic) bond motifs is 1. The van der Waals surface area contributed by atoms with Crippen LogP contribution in [0.3, 0.4) is 0 Å². The van der Waals surface area contributed by atoms with Crippen LogP contribution in [0.25, 0.3) is 0 Å². The van der Waals surface area contributed by atoms with Crippen LogP contribution in [0.4, 0.5) is 4.79 Å². The van der Waals surface area contributed by atoms with Gasteiger partial charge < -0.3 is 9.84 Å². The molecule has 0 aromatic heterocycles. The molecule has 0 bridgehead atoms. The van der Waals surface area contributed by atoms with Gasteiger partial charge in [0, 0.05) is 13.0 Å². The van der Waals surface area contributed by atoms with E-state index in [4.69, 9.17) is 9.57 Å². The molecule has 1 aliphatic carbocycles. The van der Waals surface area contributed by atoms with E-state index < -0.39 is 53.0 Å². The number of carboxylic acids is 1. The van der Waals surface area contributed by atoms with Crippen LogP contribution >= 0.6 is 0 Å². The number of rotatable bonds is 6. The second kappa shape index (κ2) is 10.0. The number of hydrogen-bond acceptors (Lipinski definition) is 7. The number of nitrogens with one attached hydrogen (secondary N) is 1. The first-order chi connectivity index (χ1) is 17.0. The van der Waals surface area contributed by atoms with Gasteiger partial charge in [0.2, 0.25) is 17.5 Å². The van der Waals surface area contributed by atoms with Gasteiger partial charge in [0.1, 0.15) is 5.60 Å². The molecule has 2 aliphatic heterocycles. The van der Waals surface area contributed by atoms with Crippen LogP contribution in [0.2, 0.25) is 0 Å². The van der Waals surface area contributed by atoms with Crippen molar-refractivity contribution in [1.29, 1.82) is 0 Å². The van der Waals surface area contributed by atoms with Crippen LogP contribution in [-0.4, -0.2) is 62.6 Å². The molecular weight excluding hydrogens is 466 g/mol. The fraction of sp³-hybridized carbons (Fsp3) is 0.538. The monoisotopic (exact) mass is 499 g/mol. The van der Waals surface area contributed by atoms with Crippen molar-refractivity contribution < 1.29 is 33.9 Å². The summed E-state index contributed by atoms with van der Waals surface area (Å²) < 4.78 is 5.55. The molecule has 0 spiro atoms. The minimum atomic E-state index is -2.18. The normalized spacial score (nSPS) is 28.2. The highest BCUT2D eigenvalue weighted by Crippen LogP contribution is 2.43. The van der Waals surface area contributed by atoms with Crippen molar-refractivity contribution >= 4 is 23.9 Å². The standard InChI is InChI=1S/C26H33N3O7/c1-25(2,3)36-24(34)28-15-18(27-35-16-17-9-5-4-6-10-17)13-14-26(28,23(32)33)29-21(30)19-11-7-8-12-20(19)22(29)31/h4-10,18-20,27H,11-16H2,1-3H3,(H,32,33)/t18-,19?,20?,26-/m1/s1. The molecule has 10 heteroatoms. The summed E-state index contributed by atoms with van der Waals surface area (Å²) >= 11 is 0. The number of likely N-dealkylation sites (tertiary alicyclic amines) is 2. The lowest BCUT2D eigenvalue weighted by molar-refractivity contribution is -0.183. The third-order valence-corrected chi connectivity index (χ3v) is 6.86. The van der Waals surface area contributed by atoms with E-state index in [1.807, 2.05) is 42.5 Å². The van der Waals surface area contributed by atoms with Gasteiger partial charge in [-0.25, -0.2) is 14.5 Å². The number of benzene rings is 1. The van der Waals surface area contributed by atoms with Crippen LogP contribution < -0.4 is 5.48 Å². The Labute approximate surface area is 210 Å². The zero-order valence-electron chi connectivity index (χ0n) is 20.8. The lowest BCUT2D eigenvalue weighted by Crippen LogP contribution is -2.73. The van der Waals surface area contributed by atoms with Crippen molar-refractivity contribution in [3.8, 4) is 0 Å². The predicted octanol–water partition coefficient (Wildman–Crippen LogP) is 2.84. The fourth-order valence-electron chi connectivity index (χ4n) is 5.14. The van der Waals surface area contributed by atoms with Crippen LogP contribution in [0, 0.1) is 11.8 Å². The smallest absolute Gasteiger partial charge is 0.412 e. The quantitative estimate of drug-likeness (QED) is 0.348. The Bertz CT molecular complexity index is 1030. The lowest BCUT2D eigenvalue weighted by atomic mass is 9.85. The molecule has 2 fully saturated rings. The van der Waals surface area contributed by atoms with Gasteiger partial charge in [-0.05, 0) is 45.6 Å². The number of amides is 3. The first-order valence-electron chi connectivity index (χ1n) is 12.2. The van der Waals surface area contributed by atoms with E-state index >= 15 is 0 Å². The molecule has 2 N–H and O–H groups in total. The molecule has 2 heterocycles. The van der Waals surface area contributed by atoms with Crippen molar-refractivity contribution in [2.24, 2.45) is 11.8 Å². The number of carbonyl (C=O) groups is 4. The summed E-state index contributed by atoms with van der Waals surface area (Å²) in [7, 11) is 0. The minimum absolute atomic E-state index is 0.124. The highest BCUT2D eigenvalue weighted by atomic mass is 16.6. The fourth-order valence-corrected chi connectivity index (χ4v) is 5.14. The van der Waals surface area contributed by atoms with Crippen molar-refractivity contribution in [3.63, 3.8) is 0 Å². The van der Waals surface area contributed by atoms with E-state index in [1.165, 1.54) is 0 Å². The molecule has 3 amide bonds. The second-order valence-electron chi connectivity index (χ2n) is 10.5. The van der Waals surface area contributed by atoms with E-state index in [-0.39, 0.29) is 26.0 Å². The molecular formula is C26H33N3O7. The zero-order valence-corrected chi connectivity index (χ0v) is 20.8. The van der Waals surface area contributed by atoms with Gasteiger partial charge in [0.25, 0.3) is 0 Å². The largest absolute Gasteiger partial charge is 0.478 e. The van der Waals surface area contributed by atoms with Gasteiger partial charge >= 0.3 is 12.1 Å². The van der Waals surface area contributed by atoms with Crippen LogP contribution in [-0.2, 0) is 30.6 Å². The highest BCUT2D eigenvalue weighted by molar-refractivity contribution is 6.09. The molecule has 36 heavy (non-hydrogen) atoms. The maximum Gasteiger partial charge on any atom is 0.412 e. The number of nitrogens with zero attached hydrogens (tertiary/aromatic N) is 2. The maximum atomic E-state index is 13.4. The van der Waals surface area contributed by atoms with Gasteiger partial charge in [-0.15, -0.1) is 0 Å². The Morgan fingerprint density at radius 3 is 2.25 bits per heavy atom. The second-order valence-corrected chi connectivity index (χ2v) is 10.5. The topological polar surface area (TPSA) is 125 Å². The number of hydroxylamine groups is 1. The summed E-state index contributed by atoms with van der Waals surface area (Å²) in [6, 6.07) is 9.05. The molecule has 0 saturated carbocycles. The Hall–Kier alpha value is -3.24. The molecule has 194 valence electrons. The van der Waals surface area contributed by atoms with Crippen molar-refractivity contribution in [2.75, 3.05) is 6.54 Å². The summed E-state index contributed by atoms with van der Waals surface area (Å²) in [6.07, 6.45) is 3.59. The van der Waals surface area contributed by atoms with E-state index in [2.05, 4.69) is 5.48 Å². The first kappa shape index (κ1) is 25.8. The van der Waals surface area contributed by atoms with Crippen LogP contribution in [0.1, 0.15) is 52.0 Å². The molecule has 0 radical (unpaired) electrons. The van der Waals surface area contributed by atoms with E-state index in [9.17, 15) is 24.3 Å². The zero-order chi connectivity index (χ0) is 26.1. The Morgan fingerprint density at radius 1 is 1.08 bits per heavy atom. The number of ether oxygens (including phenoxy) is 1. The molecule has 1 aromatic rings. The number of allylic oxidation sites excluding steroid dienone is 2. The van der Waals surface area contributed by atoms with E-state index in [0.29, 0.717) is 12.8 Å².